The van der Waals surface area contributed by atoms with Gasteiger partial charge in [0.15, 0.2) is 5.82 Å². The number of alkyl halides is 6. The first-order valence-corrected chi connectivity index (χ1v) is 32.2. The minimum Gasteiger partial charge on any atom is -0.309 e. The molecular weight excluding hydrogens is 1230 g/mol. The molecular formula is C86H50F6N6. The molecule has 5 aromatic heterocycles. The molecule has 0 aliphatic rings. The van der Waals surface area contributed by atoms with Gasteiger partial charge in [0.05, 0.1) is 66.5 Å². The predicted octanol–water partition coefficient (Wildman–Crippen LogP) is 23.9. The molecule has 0 unspecified atom stereocenters. The van der Waals surface area contributed by atoms with Crippen LogP contribution in [0.5, 0.6) is 0 Å². The van der Waals surface area contributed by atoms with Crippen molar-refractivity contribution in [3.05, 3.63) is 314 Å². The van der Waals surface area contributed by atoms with Crippen LogP contribution in [0.2, 0.25) is 0 Å². The van der Waals surface area contributed by atoms with Gasteiger partial charge < -0.3 is 18.3 Å². The number of halogens is 6. The Morgan fingerprint density at radius 2 is 0.571 bits per heavy atom. The number of fused-ring (bicyclic) bond motifs is 15. The lowest BCUT2D eigenvalue weighted by atomic mass is 9.98. The molecule has 0 aliphatic heterocycles. The molecule has 6 nitrogen and oxygen atoms in total. The minimum atomic E-state index is -5.11. The van der Waals surface area contributed by atoms with E-state index in [9.17, 15) is 26.3 Å². The molecule has 0 atom stereocenters. The molecule has 19 rings (SSSR count). The molecule has 12 heteroatoms. The van der Waals surface area contributed by atoms with Crippen molar-refractivity contribution in [3.8, 4) is 67.6 Å². The quantitative estimate of drug-likeness (QED) is 0.112. The summed E-state index contributed by atoms with van der Waals surface area (Å²) in [4.78, 5) is 10.5. The van der Waals surface area contributed by atoms with Crippen LogP contribution >= 0.6 is 0 Å². The minimum absolute atomic E-state index is 0.0845. The van der Waals surface area contributed by atoms with Crippen molar-refractivity contribution in [2.24, 2.45) is 0 Å². The largest absolute Gasteiger partial charge is 0.416 e. The molecule has 0 amide bonds. The average molecular weight is 1280 g/mol. The van der Waals surface area contributed by atoms with Crippen LogP contribution in [0, 0.1) is 0 Å². The molecule has 14 aromatic carbocycles. The van der Waals surface area contributed by atoms with E-state index in [2.05, 4.69) is 218 Å². The molecule has 0 bridgehead atoms. The maximum Gasteiger partial charge on any atom is 0.416 e. The van der Waals surface area contributed by atoms with Gasteiger partial charge in [-0.2, -0.15) is 26.3 Å². The molecule has 0 saturated carbocycles. The van der Waals surface area contributed by atoms with Gasteiger partial charge in [-0.1, -0.05) is 164 Å². The summed E-state index contributed by atoms with van der Waals surface area (Å²) in [5.41, 5.74) is 13.2. The zero-order chi connectivity index (χ0) is 65.7. The lowest BCUT2D eigenvalue weighted by molar-refractivity contribution is -0.143. The van der Waals surface area contributed by atoms with Crippen LogP contribution in [0.3, 0.4) is 0 Å². The van der Waals surface area contributed by atoms with Gasteiger partial charge >= 0.3 is 12.4 Å². The fraction of sp³-hybridized carbons (Fsp3) is 0.0233. The second-order valence-corrected chi connectivity index (χ2v) is 25.1. The highest BCUT2D eigenvalue weighted by Gasteiger charge is 2.38. The third-order valence-electron chi connectivity index (χ3n) is 19.5. The topological polar surface area (TPSA) is 45.5 Å². The van der Waals surface area contributed by atoms with Gasteiger partial charge in [-0.25, -0.2) is 9.97 Å². The maximum absolute atomic E-state index is 14.9. The third-order valence-corrected chi connectivity index (χ3v) is 19.5. The Bertz CT molecular complexity index is 6210. The molecule has 5 heterocycles. The Labute approximate surface area is 555 Å². The van der Waals surface area contributed by atoms with Gasteiger partial charge in [0.25, 0.3) is 0 Å². The second-order valence-electron chi connectivity index (χ2n) is 25.1. The Morgan fingerprint density at radius 1 is 0.224 bits per heavy atom. The fourth-order valence-electron chi connectivity index (χ4n) is 15.2. The lowest BCUT2D eigenvalue weighted by Gasteiger charge is -2.18. The molecule has 0 radical (unpaired) electrons. The van der Waals surface area contributed by atoms with Crippen molar-refractivity contribution in [3.63, 3.8) is 0 Å². The first-order valence-electron chi connectivity index (χ1n) is 32.2. The smallest absolute Gasteiger partial charge is 0.309 e. The van der Waals surface area contributed by atoms with Crippen LogP contribution < -0.4 is 0 Å². The summed E-state index contributed by atoms with van der Waals surface area (Å²) in [5.74, 6) is 0.0945. The van der Waals surface area contributed by atoms with Gasteiger partial charge in [-0.15, -0.1) is 0 Å². The molecule has 0 N–H and O–H groups in total. The predicted molar refractivity (Wildman–Crippen MR) is 386 cm³/mol. The SMILES string of the molecule is FC(F)(F)c1cc(-c2nc(-c3cc(-n4c5ccccc5c5cc(-c6ccc7c(c6)c6ccccc6n7-c6ccccc6)ccc54)cc(-n4c5ccccc5c5cc(-c6ccc7c(c6)c6ccccc6n7-c6ccccc6)ccc54)c3)nc3c2ccc2ccccc23)cc(C(F)(F)F)c1. The number of hydrogen-bond acceptors (Lipinski definition) is 2. The summed E-state index contributed by atoms with van der Waals surface area (Å²) in [6.45, 7) is 0. The zero-order valence-corrected chi connectivity index (χ0v) is 51.8. The molecule has 19 aromatic rings. The van der Waals surface area contributed by atoms with Gasteiger partial charge in [-0.3, -0.25) is 0 Å². The van der Waals surface area contributed by atoms with Crippen molar-refractivity contribution >= 4 is 109 Å². The average Bonchev–Trinajstić information content (AvgIpc) is 1.38. The van der Waals surface area contributed by atoms with E-state index in [1.54, 1.807) is 12.1 Å². The number of hydrogen-bond donors (Lipinski definition) is 0. The highest BCUT2D eigenvalue weighted by molar-refractivity contribution is 6.16. The second kappa shape index (κ2) is 21.5. The number of nitrogens with zero attached hydrogens (tertiary/aromatic N) is 6. The molecule has 0 spiro atoms. The van der Waals surface area contributed by atoms with E-state index in [-0.39, 0.29) is 28.5 Å². The number of para-hydroxylation sites is 6. The summed E-state index contributed by atoms with van der Waals surface area (Å²) in [6.07, 6.45) is -10.2. The molecule has 98 heavy (non-hydrogen) atoms. The lowest BCUT2D eigenvalue weighted by Crippen LogP contribution is -2.11. The van der Waals surface area contributed by atoms with Gasteiger partial charge in [0, 0.05) is 87.7 Å². The summed E-state index contributed by atoms with van der Waals surface area (Å²) in [7, 11) is 0. The van der Waals surface area contributed by atoms with Crippen molar-refractivity contribution < 1.29 is 26.3 Å². The molecule has 0 aliphatic carbocycles. The Kier molecular flexibility index (Phi) is 12.5. The van der Waals surface area contributed by atoms with Gasteiger partial charge in [0.1, 0.15) is 0 Å². The maximum atomic E-state index is 14.9. The van der Waals surface area contributed by atoms with Crippen molar-refractivity contribution in [1.82, 2.24) is 28.2 Å². The summed E-state index contributed by atoms with van der Waals surface area (Å²) >= 11 is 0. The third kappa shape index (κ3) is 8.97. The van der Waals surface area contributed by atoms with Gasteiger partial charge in [-0.05, 0) is 167 Å². The molecule has 0 fully saturated rings. The standard InChI is InChI=1S/C86H50F6N6/c87-85(88,89)58-41-56(42-59(49-58)86(90,91)92)82-69-36-31-51-17-7-8-22-64(51)83(69)94-84(93-82)57-43-62(97-76-29-15-11-25-67(76)72-47-54(34-39-80(72)97)52-32-37-78-70(45-52)65-23-9-13-27-74(65)95(78)60-18-3-1-4-19-60)50-63(44-57)98-77-30-16-12-26-68(77)73-48-55(35-40-81(73)98)53-33-38-79-71(46-53)66-24-10-14-28-75(66)96(79)61-20-5-2-6-21-61/h1-50H. The highest BCUT2D eigenvalue weighted by Crippen LogP contribution is 2.46. The zero-order valence-electron chi connectivity index (χ0n) is 51.8. The van der Waals surface area contributed by atoms with E-state index in [1.807, 2.05) is 72.8 Å². The number of benzene rings is 14. The highest BCUT2D eigenvalue weighted by atomic mass is 19.4. The summed E-state index contributed by atoms with van der Waals surface area (Å²) < 4.78 is 98.2. The Hall–Kier alpha value is -12.5. The Morgan fingerprint density at radius 3 is 0.969 bits per heavy atom. The monoisotopic (exact) mass is 1280 g/mol. The molecule has 0 saturated heterocycles. The van der Waals surface area contributed by atoms with Crippen molar-refractivity contribution in [2.45, 2.75) is 12.4 Å². The normalized spacial score (nSPS) is 12.4. The van der Waals surface area contributed by atoms with E-state index >= 15 is 0 Å². The van der Waals surface area contributed by atoms with E-state index in [4.69, 9.17) is 9.97 Å². The number of aromatic nitrogens is 6. The van der Waals surface area contributed by atoms with Crippen molar-refractivity contribution in [2.75, 3.05) is 0 Å². The first-order chi connectivity index (χ1) is 47.8. The number of rotatable bonds is 8. The van der Waals surface area contributed by atoms with Gasteiger partial charge in [0.2, 0.25) is 0 Å². The van der Waals surface area contributed by atoms with Crippen LogP contribution in [0.1, 0.15) is 11.1 Å². The fourth-order valence-corrected chi connectivity index (χ4v) is 15.2. The van der Waals surface area contributed by atoms with Crippen LogP contribution in [0.4, 0.5) is 26.3 Å². The van der Waals surface area contributed by atoms with Crippen LogP contribution in [0.25, 0.3) is 177 Å². The van der Waals surface area contributed by atoms with Crippen LogP contribution in [-0.4, -0.2) is 28.2 Å². The summed E-state index contributed by atoms with van der Waals surface area (Å²) in [6, 6.07) is 99.3. The first kappa shape index (κ1) is 57.0. The van der Waals surface area contributed by atoms with Crippen LogP contribution in [-0.2, 0) is 12.4 Å². The van der Waals surface area contributed by atoms with E-state index in [0.717, 1.165) is 138 Å². The van der Waals surface area contributed by atoms with E-state index in [1.165, 1.54) is 0 Å². The van der Waals surface area contributed by atoms with Crippen molar-refractivity contribution in [1.29, 1.82) is 0 Å². The van der Waals surface area contributed by atoms with Crippen LogP contribution in [0.15, 0.2) is 303 Å². The van der Waals surface area contributed by atoms with E-state index < -0.39 is 23.5 Å². The Balaban J connectivity index is 0.844. The molecule has 466 valence electrons. The summed E-state index contributed by atoms with van der Waals surface area (Å²) in [5, 5.41) is 10.2. The van der Waals surface area contributed by atoms with E-state index in [0.29, 0.717) is 27.8 Å².